The van der Waals surface area contributed by atoms with Gasteiger partial charge in [-0.3, -0.25) is 0 Å². The van der Waals surface area contributed by atoms with Crippen molar-refractivity contribution >= 4 is 0 Å². The van der Waals surface area contributed by atoms with Gasteiger partial charge in [-0.15, -0.1) is 0 Å². The molecule has 0 saturated heterocycles. The van der Waals surface area contributed by atoms with Gasteiger partial charge >= 0.3 is 0 Å². The molecule has 2 N–H and O–H groups in total. The molecule has 0 heterocycles. The van der Waals surface area contributed by atoms with Crippen LogP contribution >= 0.6 is 0 Å². The van der Waals surface area contributed by atoms with E-state index in [0.29, 0.717) is 13.0 Å². The summed E-state index contributed by atoms with van der Waals surface area (Å²) in [4.78, 5) is 0. The fourth-order valence-electron chi connectivity index (χ4n) is 1.49. The minimum Gasteiger partial charge on any atom is -0.493 e. The van der Waals surface area contributed by atoms with E-state index in [2.05, 4.69) is 11.4 Å². The van der Waals surface area contributed by atoms with Crippen molar-refractivity contribution in [3.63, 3.8) is 0 Å². The molecule has 1 unspecified atom stereocenters. The number of hydrogen-bond acceptors (Lipinski definition) is 4. The largest absolute Gasteiger partial charge is 0.493 e. The lowest BCUT2D eigenvalue weighted by molar-refractivity contribution is 0.277. The van der Waals surface area contributed by atoms with Gasteiger partial charge < -0.3 is 15.2 Å². The highest BCUT2D eigenvalue weighted by molar-refractivity contribution is 5.27. The number of aliphatic hydroxyl groups excluding tert-OH is 1. The van der Waals surface area contributed by atoms with Crippen molar-refractivity contribution in [2.24, 2.45) is 0 Å². The van der Waals surface area contributed by atoms with Crippen LogP contribution in [0.25, 0.3) is 0 Å². The average molecular weight is 234 g/mol. The summed E-state index contributed by atoms with van der Waals surface area (Å²) in [5.41, 5.74) is 0.825. The van der Waals surface area contributed by atoms with E-state index in [0.717, 1.165) is 17.9 Å². The summed E-state index contributed by atoms with van der Waals surface area (Å²) in [5.74, 6) is 0.727. The minimum atomic E-state index is -0.166. The number of rotatable bonds is 7. The normalized spacial score (nSPS) is 11.8. The zero-order valence-corrected chi connectivity index (χ0v) is 10.0. The van der Waals surface area contributed by atoms with Gasteiger partial charge in [0, 0.05) is 6.42 Å². The maximum atomic E-state index is 8.98. The standard InChI is InChI=1S/C13H18N2O2/c1-2-15-12(9-14)6-7-17-13-5-3-4-11(8-13)10-16/h3-5,8,12,15-16H,2,6-7,10H2,1H3. The molecule has 0 bridgehead atoms. The molecule has 92 valence electrons. The van der Waals surface area contributed by atoms with Crippen molar-refractivity contribution in [3.05, 3.63) is 29.8 Å². The average Bonchev–Trinajstić information content (AvgIpc) is 2.38. The number of nitriles is 1. The summed E-state index contributed by atoms with van der Waals surface area (Å²) in [6, 6.07) is 9.33. The molecule has 0 aliphatic carbocycles. The molecule has 17 heavy (non-hydrogen) atoms. The van der Waals surface area contributed by atoms with E-state index in [9.17, 15) is 0 Å². The molecule has 0 saturated carbocycles. The first-order valence-corrected chi connectivity index (χ1v) is 5.75. The fraction of sp³-hybridized carbons (Fsp3) is 0.462. The first-order valence-electron chi connectivity index (χ1n) is 5.75. The van der Waals surface area contributed by atoms with Gasteiger partial charge in [-0.05, 0) is 24.2 Å². The molecule has 0 fully saturated rings. The third-order valence-electron chi connectivity index (χ3n) is 2.36. The summed E-state index contributed by atoms with van der Waals surface area (Å²) in [7, 11) is 0. The third kappa shape index (κ3) is 4.85. The van der Waals surface area contributed by atoms with E-state index in [4.69, 9.17) is 15.1 Å². The summed E-state index contributed by atoms with van der Waals surface area (Å²) in [6.07, 6.45) is 0.647. The van der Waals surface area contributed by atoms with E-state index in [1.165, 1.54) is 0 Å². The molecule has 0 aromatic heterocycles. The summed E-state index contributed by atoms with van der Waals surface area (Å²) >= 11 is 0. The van der Waals surface area contributed by atoms with Crippen LogP contribution in [0.1, 0.15) is 18.9 Å². The van der Waals surface area contributed by atoms with Crippen molar-refractivity contribution in [3.8, 4) is 11.8 Å². The number of benzene rings is 1. The van der Waals surface area contributed by atoms with Crippen LogP contribution in [0.3, 0.4) is 0 Å². The van der Waals surface area contributed by atoms with E-state index < -0.39 is 0 Å². The molecule has 0 aliphatic rings. The predicted octanol–water partition coefficient (Wildman–Crippen LogP) is 1.45. The Morgan fingerprint density at radius 2 is 2.35 bits per heavy atom. The molecule has 1 aromatic carbocycles. The van der Waals surface area contributed by atoms with Gasteiger partial charge in [-0.1, -0.05) is 19.1 Å². The first-order chi connectivity index (χ1) is 8.30. The second-order valence-electron chi connectivity index (χ2n) is 3.68. The minimum absolute atomic E-state index is 0.00934. The lowest BCUT2D eigenvalue weighted by atomic mass is 10.2. The highest BCUT2D eigenvalue weighted by Crippen LogP contribution is 2.13. The summed E-state index contributed by atoms with van der Waals surface area (Å²) in [5, 5.41) is 20.9. The molecule has 0 aliphatic heterocycles. The lowest BCUT2D eigenvalue weighted by Gasteiger charge is -2.11. The van der Waals surface area contributed by atoms with Crippen LogP contribution in [0.15, 0.2) is 24.3 Å². The summed E-state index contributed by atoms with van der Waals surface area (Å²) in [6.45, 7) is 3.24. The van der Waals surface area contributed by atoms with Crippen LogP contribution in [-0.2, 0) is 6.61 Å². The van der Waals surface area contributed by atoms with Crippen LogP contribution in [0, 0.1) is 11.3 Å². The fourth-order valence-corrected chi connectivity index (χ4v) is 1.49. The van der Waals surface area contributed by atoms with E-state index in [1.54, 1.807) is 6.07 Å². The van der Waals surface area contributed by atoms with Crippen molar-refractivity contribution in [1.82, 2.24) is 5.32 Å². The first kappa shape index (κ1) is 13.5. The second kappa shape index (κ2) is 7.66. The zero-order chi connectivity index (χ0) is 12.5. The van der Waals surface area contributed by atoms with Crippen molar-refractivity contribution in [2.45, 2.75) is 26.0 Å². The molecule has 0 spiro atoms. The maximum Gasteiger partial charge on any atom is 0.119 e. The molecule has 1 rings (SSSR count). The number of hydrogen-bond donors (Lipinski definition) is 2. The van der Waals surface area contributed by atoms with Gasteiger partial charge in [-0.25, -0.2) is 0 Å². The van der Waals surface area contributed by atoms with Gasteiger partial charge in [0.15, 0.2) is 0 Å². The third-order valence-corrected chi connectivity index (χ3v) is 2.36. The van der Waals surface area contributed by atoms with Crippen LogP contribution < -0.4 is 10.1 Å². The molecular weight excluding hydrogens is 216 g/mol. The molecule has 0 amide bonds. The number of aliphatic hydroxyl groups is 1. The number of nitrogens with zero attached hydrogens (tertiary/aromatic N) is 1. The smallest absolute Gasteiger partial charge is 0.119 e. The topological polar surface area (TPSA) is 65.3 Å². The van der Waals surface area contributed by atoms with Gasteiger partial charge in [0.05, 0.1) is 25.3 Å². The zero-order valence-electron chi connectivity index (χ0n) is 10.0. The molecule has 4 nitrogen and oxygen atoms in total. The van der Waals surface area contributed by atoms with Crippen molar-refractivity contribution in [1.29, 1.82) is 5.26 Å². The van der Waals surface area contributed by atoms with E-state index in [1.807, 2.05) is 25.1 Å². The van der Waals surface area contributed by atoms with Crippen molar-refractivity contribution in [2.75, 3.05) is 13.2 Å². The lowest BCUT2D eigenvalue weighted by Crippen LogP contribution is -2.28. The Bertz CT molecular complexity index is 374. The molecule has 1 atom stereocenters. The highest BCUT2D eigenvalue weighted by atomic mass is 16.5. The summed E-state index contributed by atoms with van der Waals surface area (Å²) < 4.78 is 5.52. The Hall–Kier alpha value is -1.57. The van der Waals surface area contributed by atoms with Crippen LogP contribution in [0.5, 0.6) is 5.75 Å². The predicted molar refractivity (Wildman–Crippen MR) is 65.6 cm³/mol. The Balaban J connectivity index is 2.37. The van der Waals surface area contributed by atoms with Gasteiger partial charge in [-0.2, -0.15) is 5.26 Å². The monoisotopic (exact) mass is 234 g/mol. The highest BCUT2D eigenvalue weighted by Gasteiger charge is 2.05. The Labute approximate surface area is 102 Å². The molecule has 4 heteroatoms. The van der Waals surface area contributed by atoms with Gasteiger partial charge in [0.25, 0.3) is 0 Å². The van der Waals surface area contributed by atoms with E-state index in [-0.39, 0.29) is 12.6 Å². The van der Waals surface area contributed by atoms with Crippen LogP contribution in [-0.4, -0.2) is 24.3 Å². The van der Waals surface area contributed by atoms with Gasteiger partial charge in [0.1, 0.15) is 5.75 Å². The number of nitrogens with one attached hydrogen (secondary N) is 1. The van der Waals surface area contributed by atoms with Crippen LogP contribution in [0.4, 0.5) is 0 Å². The number of ether oxygens (including phenoxy) is 1. The Kier molecular flexibility index (Phi) is 6.08. The molecule has 1 aromatic rings. The maximum absolute atomic E-state index is 8.98. The Morgan fingerprint density at radius 1 is 1.53 bits per heavy atom. The van der Waals surface area contributed by atoms with Crippen LogP contribution in [0.2, 0.25) is 0 Å². The van der Waals surface area contributed by atoms with E-state index >= 15 is 0 Å². The molecular formula is C13H18N2O2. The molecule has 0 radical (unpaired) electrons. The van der Waals surface area contributed by atoms with Crippen molar-refractivity contribution < 1.29 is 9.84 Å². The quantitative estimate of drug-likeness (QED) is 0.749. The SMILES string of the molecule is CCNC(C#N)CCOc1cccc(CO)c1. The Morgan fingerprint density at radius 3 is 3.00 bits per heavy atom. The van der Waals surface area contributed by atoms with Gasteiger partial charge in [0.2, 0.25) is 0 Å². The second-order valence-corrected chi connectivity index (χ2v) is 3.68.